The largest absolute Gasteiger partial charge is 0.383 e. The van der Waals surface area contributed by atoms with Crippen LogP contribution in [0.25, 0.3) is 22.5 Å². The Kier molecular flexibility index (Phi) is 2.83. The van der Waals surface area contributed by atoms with Gasteiger partial charge in [-0.2, -0.15) is 5.10 Å². The lowest BCUT2D eigenvalue weighted by atomic mass is 10.1. The van der Waals surface area contributed by atoms with E-state index in [2.05, 4.69) is 15.1 Å². The molecule has 0 fully saturated rings. The quantitative estimate of drug-likeness (QED) is 0.734. The van der Waals surface area contributed by atoms with Crippen molar-refractivity contribution in [3.05, 3.63) is 53.1 Å². The average molecular weight is 267 g/mol. The Bertz CT molecular complexity index is 784. The molecule has 3 aromatic heterocycles. The van der Waals surface area contributed by atoms with Crippen molar-refractivity contribution in [3.63, 3.8) is 0 Å². The van der Waals surface area contributed by atoms with Crippen molar-refractivity contribution in [1.29, 1.82) is 0 Å². The first kappa shape index (κ1) is 12.2. The summed E-state index contributed by atoms with van der Waals surface area (Å²) in [5.41, 5.74) is 8.93. The molecule has 6 nitrogen and oxygen atoms in total. The lowest BCUT2D eigenvalue weighted by Crippen LogP contribution is -2.01. The second-order valence-corrected chi connectivity index (χ2v) is 4.39. The van der Waals surface area contributed by atoms with Crippen LogP contribution < -0.4 is 11.3 Å². The molecule has 0 aromatic carbocycles. The number of aryl methyl sites for hydroxylation is 1. The summed E-state index contributed by atoms with van der Waals surface area (Å²) in [6.45, 7) is 0. The molecule has 0 amide bonds. The van der Waals surface area contributed by atoms with E-state index in [0.717, 1.165) is 16.8 Å². The van der Waals surface area contributed by atoms with Crippen LogP contribution in [0.5, 0.6) is 0 Å². The zero-order valence-corrected chi connectivity index (χ0v) is 10.9. The van der Waals surface area contributed by atoms with E-state index >= 15 is 0 Å². The van der Waals surface area contributed by atoms with Gasteiger partial charge in [0.1, 0.15) is 11.5 Å². The molecule has 3 rings (SSSR count). The van der Waals surface area contributed by atoms with E-state index in [1.807, 2.05) is 18.2 Å². The third-order valence-corrected chi connectivity index (χ3v) is 3.07. The maximum absolute atomic E-state index is 11.2. The number of nitrogen functional groups attached to an aromatic ring is 1. The third-order valence-electron chi connectivity index (χ3n) is 3.07. The summed E-state index contributed by atoms with van der Waals surface area (Å²) in [4.78, 5) is 18.1. The molecule has 0 bridgehead atoms. The van der Waals surface area contributed by atoms with Gasteiger partial charge in [0.2, 0.25) is 5.56 Å². The van der Waals surface area contributed by atoms with E-state index in [1.165, 1.54) is 6.07 Å². The minimum Gasteiger partial charge on any atom is -0.383 e. The first-order valence-electron chi connectivity index (χ1n) is 6.10. The summed E-state index contributed by atoms with van der Waals surface area (Å²) in [5.74, 6) is 0.532. The Labute approximate surface area is 114 Å². The van der Waals surface area contributed by atoms with Crippen LogP contribution >= 0.6 is 0 Å². The summed E-state index contributed by atoms with van der Waals surface area (Å²) < 4.78 is 1.60. The van der Waals surface area contributed by atoms with E-state index in [-0.39, 0.29) is 5.56 Å². The van der Waals surface area contributed by atoms with Gasteiger partial charge in [-0.15, -0.1) is 0 Å². The molecule has 0 saturated heterocycles. The van der Waals surface area contributed by atoms with Crippen LogP contribution in [-0.4, -0.2) is 19.7 Å². The van der Waals surface area contributed by atoms with Gasteiger partial charge < -0.3 is 10.7 Å². The highest BCUT2D eigenvalue weighted by Crippen LogP contribution is 2.33. The Hall–Kier alpha value is -2.89. The molecule has 0 aliphatic carbocycles. The van der Waals surface area contributed by atoms with E-state index in [9.17, 15) is 4.79 Å². The highest BCUT2D eigenvalue weighted by atomic mass is 16.1. The predicted octanol–water partition coefficient (Wildman–Crippen LogP) is 1.42. The number of nitrogens with two attached hydrogens (primary N) is 1. The van der Waals surface area contributed by atoms with Crippen molar-refractivity contribution < 1.29 is 0 Å². The Morgan fingerprint density at radius 3 is 2.75 bits per heavy atom. The van der Waals surface area contributed by atoms with Crippen molar-refractivity contribution in [2.24, 2.45) is 7.05 Å². The lowest BCUT2D eigenvalue weighted by molar-refractivity contribution is 0.782. The number of pyridine rings is 2. The monoisotopic (exact) mass is 267 g/mol. The molecule has 0 atom stereocenters. The predicted molar refractivity (Wildman–Crippen MR) is 76.9 cm³/mol. The zero-order valence-electron chi connectivity index (χ0n) is 10.9. The van der Waals surface area contributed by atoms with Crippen molar-refractivity contribution in [2.45, 2.75) is 0 Å². The molecular formula is C14H13N5O. The van der Waals surface area contributed by atoms with Crippen molar-refractivity contribution >= 4 is 5.82 Å². The molecule has 0 radical (unpaired) electrons. The minimum absolute atomic E-state index is 0.156. The fourth-order valence-corrected chi connectivity index (χ4v) is 2.06. The average Bonchev–Trinajstić information content (AvgIpc) is 2.77. The smallest absolute Gasteiger partial charge is 0.247 e. The molecule has 3 heterocycles. The Balaban J connectivity index is 2.24. The number of nitrogens with zero attached hydrogens (tertiary/aromatic N) is 3. The fourth-order valence-electron chi connectivity index (χ4n) is 2.06. The molecule has 20 heavy (non-hydrogen) atoms. The van der Waals surface area contributed by atoms with Crippen molar-refractivity contribution in [3.8, 4) is 22.5 Å². The summed E-state index contributed by atoms with van der Waals surface area (Å²) in [6.07, 6.45) is 3.33. The topological polar surface area (TPSA) is 89.6 Å². The number of rotatable bonds is 2. The number of H-pyrrole nitrogens is 1. The van der Waals surface area contributed by atoms with Gasteiger partial charge in [0.05, 0.1) is 11.3 Å². The molecule has 3 aromatic rings. The number of nitrogens with one attached hydrogen (secondary N) is 1. The summed E-state index contributed by atoms with van der Waals surface area (Å²) in [7, 11) is 1.77. The van der Waals surface area contributed by atoms with Crippen molar-refractivity contribution in [2.75, 3.05) is 5.73 Å². The molecule has 0 aliphatic rings. The zero-order chi connectivity index (χ0) is 14.1. The Morgan fingerprint density at radius 2 is 2.10 bits per heavy atom. The van der Waals surface area contributed by atoms with E-state index in [1.54, 1.807) is 30.2 Å². The summed E-state index contributed by atoms with van der Waals surface area (Å²) in [6, 6.07) is 8.79. The van der Waals surface area contributed by atoms with Crippen LogP contribution in [0.1, 0.15) is 0 Å². The first-order valence-corrected chi connectivity index (χ1v) is 6.10. The second kappa shape index (κ2) is 4.65. The molecule has 0 aliphatic heterocycles. The first-order chi connectivity index (χ1) is 9.66. The standard InChI is InChI=1S/C14H13N5O/c1-19-14(15)12(10-4-2-3-7-16-10)13(18-19)9-5-6-11(20)17-8-9/h2-8H,15H2,1H3,(H,17,20). The van der Waals surface area contributed by atoms with Gasteiger partial charge in [0.15, 0.2) is 0 Å². The number of hydrogen-bond donors (Lipinski definition) is 2. The van der Waals surface area contributed by atoms with Gasteiger partial charge in [-0.1, -0.05) is 6.07 Å². The number of aromatic nitrogens is 4. The molecule has 0 spiro atoms. The number of aromatic amines is 1. The Morgan fingerprint density at radius 1 is 1.25 bits per heavy atom. The van der Waals surface area contributed by atoms with Gasteiger partial charge in [-0.3, -0.25) is 14.5 Å². The van der Waals surface area contributed by atoms with Gasteiger partial charge in [0, 0.05) is 31.1 Å². The van der Waals surface area contributed by atoms with Crippen LogP contribution in [0.4, 0.5) is 5.82 Å². The van der Waals surface area contributed by atoms with Crippen molar-refractivity contribution in [1.82, 2.24) is 19.7 Å². The van der Waals surface area contributed by atoms with Crippen LogP contribution in [-0.2, 0) is 7.05 Å². The normalized spacial score (nSPS) is 10.7. The van der Waals surface area contributed by atoms with Crippen LogP contribution in [0.15, 0.2) is 47.5 Å². The molecule has 0 saturated carbocycles. The van der Waals surface area contributed by atoms with Crippen LogP contribution in [0.3, 0.4) is 0 Å². The van der Waals surface area contributed by atoms with E-state index < -0.39 is 0 Å². The molecule has 100 valence electrons. The van der Waals surface area contributed by atoms with E-state index in [0.29, 0.717) is 11.5 Å². The second-order valence-electron chi connectivity index (χ2n) is 4.39. The highest BCUT2D eigenvalue weighted by molar-refractivity contribution is 5.86. The van der Waals surface area contributed by atoms with Gasteiger partial charge in [0.25, 0.3) is 0 Å². The molecule has 3 N–H and O–H groups in total. The fraction of sp³-hybridized carbons (Fsp3) is 0.0714. The summed E-state index contributed by atoms with van der Waals surface area (Å²) >= 11 is 0. The SMILES string of the molecule is Cn1nc(-c2ccc(=O)[nH]c2)c(-c2ccccn2)c1N. The van der Waals surface area contributed by atoms with Gasteiger partial charge >= 0.3 is 0 Å². The lowest BCUT2D eigenvalue weighted by Gasteiger charge is -2.02. The number of anilines is 1. The van der Waals surface area contributed by atoms with Gasteiger partial charge in [-0.25, -0.2) is 0 Å². The maximum atomic E-state index is 11.2. The van der Waals surface area contributed by atoms with Crippen LogP contribution in [0.2, 0.25) is 0 Å². The third kappa shape index (κ3) is 1.97. The van der Waals surface area contributed by atoms with Gasteiger partial charge in [-0.05, 0) is 18.2 Å². The molecule has 0 unspecified atom stereocenters. The van der Waals surface area contributed by atoms with Crippen LogP contribution in [0, 0.1) is 0 Å². The van der Waals surface area contributed by atoms with E-state index in [4.69, 9.17) is 5.73 Å². The molecular weight excluding hydrogens is 254 g/mol. The maximum Gasteiger partial charge on any atom is 0.247 e. The number of hydrogen-bond acceptors (Lipinski definition) is 4. The summed E-state index contributed by atoms with van der Waals surface area (Å²) in [5, 5.41) is 4.42. The highest BCUT2D eigenvalue weighted by Gasteiger charge is 2.18. The minimum atomic E-state index is -0.156. The molecule has 6 heteroatoms.